The molecule has 3 heteroatoms. The van der Waals surface area contributed by atoms with Crippen molar-refractivity contribution in [1.29, 1.82) is 0 Å². The topological polar surface area (TPSA) is 41.1 Å². The van der Waals surface area contributed by atoms with Crippen LogP contribution in [0.25, 0.3) is 0 Å². The van der Waals surface area contributed by atoms with E-state index in [-0.39, 0.29) is 5.91 Å². The van der Waals surface area contributed by atoms with Crippen LogP contribution in [0.1, 0.15) is 52.4 Å². The lowest BCUT2D eigenvalue weighted by Gasteiger charge is -2.54. The predicted molar refractivity (Wildman–Crippen MR) is 67.3 cm³/mol. The van der Waals surface area contributed by atoms with Crippen LogP contribution in [-0.2, 0) is 4.79 Å². The predicted octanol–water partition coefficient (Wildman–Crippen LogP) is 2.07. The molecule has 0 radical (unpaired) electrons. The molecule has 0 unspecified atom stereocenters. The second-order valence-corrected chi connectivity index (χ2v) is 4.84. The Morgan fingerprint density at radius 3 is 2.38 bits per heavy atom. The van der Waals surface area contributed by atoms with Crippen LogP contribution in [0.3, 0.4) is 0 Å². The average molecular weight is 226 g/mol. The van der Waals surface area contributed by atoms with Gasteiger partial charge in [0.15, 0.2) is 0 Å². The van der Waals surface area contributed by atoms with E-state index < -0.39 is 0 Å². The molecule has 0 saturated heterocycles. The molecule has 0 aromatic rings. The van der Waals surface area contributed by atoms with Gasteiger partial charge < -0.3 is 10.6 Å². The fourth-order valence-electron chi connectivity index (χ4n) is 2.73. The van der Waals surface area contributed by atoms with Gasteiger partial charge in [0, 0.05) is 26.1 Å². The quantitative estimate of drug-likeness (QED) is 0.770. The van der Waals surface area contributed by atoms with Crippen LogP contribution >= 0.6 is 0 Å². The van der Waals surface area contributed by atoms with Crippen molar-refractivity contribution >= 4 is 5.91 Å². The Labute approximate surface area is 99.4 Å². The van der Waals surface area contributed by atoms with Crippen LogP contribution in [0, 0.1) is 5.41 Å². The highest BCUT2D eigenvalue weighted by Crippen LogP contribution is 2.55. The smallest absolute Gasteiger partial charge is 0.221 e. The van der Waals surface area contributed by atoms with Crippen molar-refractivity contribution in [3.05, 3.63) is 0 Å². The van der Waals surface area contributed by atoms with E-state index in [0.29, 0.717) is 12.5 Å². The molecule has 16 heavy (non-hydrogen) atoms. The van der Waals surface area contributed by atoms with Crippen LogP contribution in [0.4, 0.5) is 0 Å². The Hall–Kier alpha value is -0.570. The molecule has 0 aromatic carbocycles. The summed E-state index contributed by atoms with van der Waals surface area (Å²) in [6, 6.07) is 0.694. The van der Waals surface area contributed by atoms with Crippen LogP contribution < -0.4 is 10.6 Å². The monoisotopic (exact) mass is 226 g/mol. The fourth-order valence-corrected chi connectivity index (χ4v) is 2.73. The summed E-state index contributed by atoms with van der Waals surface area (Å²) in [4.78, 5) is 10.9. The Bertz CT molecular complexity index is 216. The zero-order valence-corrected chi connectivity index (χ0v) is 10.9. The van der Waals surface area contributed by atoms with Gasteiger partial charge in [-0.1, -0.05) is 20.3 Å². The third kappa shape index (κ3) is 3.21. The van der Waals surface area contributed by atoms with Gasteiger partial charge >= 0.3 is 0 Å². The van der Waals surface area contributed by atoms with E-state index in [0.717, 1.165) is 12.0 Å². The van der Waals surface area contributed by atoms with Gasteiger partial charge in [-0.25, -0.2) is 0 Å². The van der Waals surface area contributed by atoms with E-state index in [1.54, 1.807) is 7.05 Å². The molecule has 2 rings (SSSR count). The molecule has 0 heterocycles. The molecule has 3 nitrogen and oxygen atoms in total. The first-order valence-electron chi connectivity index (χ1n) is 6.68. The number of hydrogen-bond donors (Lipinski definition) is 2. The summed E-state index contributed by atoms with van der Waals surface area (Å²) in [6.07, 6.45) is 7.63. The number of nitrogens with one attached hydrogen (secondary N) is 2. The first-order chi connectivity index (χ1) is 7.74. The molecule has 2 saturated carbocycles. The van der Waals surface area contributed by atoms with E-state index in [1.807, 2.05) is 13.8 Å². The fraction of sp³-hybridized carbons (Fsp3) is 0.923. The van der Waals surface area contributed by atoms with Crippen LogP contribution in [0.2, 0.25) is 0 Å². The van der Waals surface area contributed by atoms with Crippen molar-refractivity contribution in [3.63, 3.8) is 0 Å². The van der Waals surface area contributed by atoms with Crippen LogP contribution in [0.15, 0.2) is 0 Å². The third-order valence-corrected chi connectivity index (χ3v) is 3.84. The molecule has 0 aromatic heterocycles. The molecule has 2 N–H and O–H groups in total. The highest BCUT2D eigenvalue weighted by molar-refractivity contribution is 5.75. The molecule has 1 amide bonds. The maximum atomic E-state index is 10.9. The first-order valence-corrected chi connectivity index (χ1v) is 6.68. The van der Waals surface area contributed by atoms with E-state index >= 15 is 0 Å². The first kappa shape index (κ1) is 13.5. The number of amides is 1. The average Bonchev–Trinajstić information content (AvgIpc) is 2.21. The minimum absolute atomic E-state index is 0.134. The third-order valence-electron chi connectivity index (χ3n) is 3.84. The summed E-state index contributed by atoms with van der Waals surface area (Å²) in [5, 5.41) is 6.08. The highest BCUT2D eigenvalue weighted by Gasteiger charge is 2.47. The molecule has 0 atom stereocenters. The standard InChI is InChI=1S/C11H20N2O.C2H6/c1-12-10(14)3-6-13-9-7-11(8-9)4-2-5-11;1-2/h9,13H,2-8H2,1H3,(H,12,14);1-2H3. The largest absolute Gasteiger partial charge is 0.359 e. The molecule has 2 fully saturated rings. The lowest BCUT2D eigenvalue weighted by atomic mass is 9.54. The van der Waals surface area contributed by atoms with Gasteiger partial charge in [-0.3, -0.25) is 4.79 Å². The number of carbonyl (C=O) groups is 1. The molecule has 94 valence electrons. The summed E-state index contributed by atoms with van der Waals surface area (Å²) >= 11 is 0. The molecule has 0 bridgehead atoms. The van der Waals surface area contributed by atoms with E-state index in [9.17, 15) is 4.79 Å². The second-order valence-electron chi connectivity index (χ2n) is 4.84. The van der Waals surface area contributed by atoms with Gasteiger partial charge in [-0.2, -0.15) is 0 Å². The number of hydrogen-bond acceptors (Lipinski definition) is 2. The molecule has 0 aliphatic heterocycles. The minimum atomic E-state index is 0.134. The van der Waals surface area contributed by atoms with E-state index in [1.165, 1.54) is 32.1 Å². The maximum Gasteiger partial charge on any atom is 0.221 e. The van der Waals surface area contributed by atoms with Crippen LogP contribution in [0.5, 0.6) is 0 Å². The van der Waals surface area contributed by atoms with Gasteiger partial charge in [0.1, 0.15) is 0 Å². The zero-order chi connectivity index (χ0) is 12.0. The van der Waals surface area contributed by atoms with E-state index in [2.05, 4.69) is 10.6 Å². The Kier molecular flexibility index (Phi) is 5.26. The Morgan fingerprint density at radius 2 is 1.94 bits per heavy atom. The summed E-state index contributed by atoms with van der Waals surface area (Å²) in [5.41, 5.74) is 0.741. The van der Waals surface area contributed by atoms with Crippen molar-refractivity contribution in [2.24, 2.45) is 5.41 Å². The van der Waals surface area contributed by atoms with Gasteiger partial charge in [0.2, 0.25) is 5.91 Å². The summed E-state index contributed by atoms with van der Waals surface area (Å²) < 4.78 is 0. The lowest BCUT2D eigenvalue weighted by Crippen LogP contribution is -2.52. The normalized spacial score (nSPS) is 21.4. The number of carbonyl (C=O) groups excluding carboxylic acids is 1. The molecule has 2 aliphatic carbocycles. The Morgan fingerprint density at radius 1 is 1.31 bits per heavy atom. The number of rotatable bonds is 4. The lowest BCUT2D eigenvalue weighted by molar-refractivity contribution is -0.120. The van der Waals surface area contributed by atoms with Crippen molar-refractivity contribution in [2.75, 3.05) is 13.6 Å². The van der Waals surface area contributed by atoms with Crippen molar-refractivity contribution in [1.82, 2.24) is 10.6 Å². The maximum absolute atomic E-state index is 10.9. The summed E-state index contributed by atoms with van der Waals surface area (Å²) in [5.74, 6) is 0.134. The van der Waals surface area contributed by atoms with Crippen LogP contribution in [-0.4, -0.2) is 25.5 Å². The van der Waals surface area contributed by atoms with Gasteiger partial charge in [0.05, 0.1) is 0 Å². The molecule has 2 aliphatic rings. The van der Waals surface area contributed by atoms with Gasteiger partial charge in [-0.05, 0) is 31.1 Å². The minimum Gasteiger partial charge on any atom is -0.359 e. The van der Waals surface area contributed by atoms with Gasteiger partial charge in [0.25, 0.3) is 0 Å². The summed E-state index contributed by atoms with van der Waals surface area (Å²) in [6.45, 7) is 4.83. The van der Waals surface area contributed by atoms with Crippen molar-refractivity contribution < 1.29 is 4.79 Å². The van der Waals surface area contributed by atoms with Crippen molar-refractivity contribution in [2.45, 2.75) is 58.4 Å². The van der Waals surface area contributed by atoms with Crippen molar-refractivity contribution in [3.8, 4) is 0 Å². The van der Waals surface area contributed by atoms with Gasteiger partial charge in [-0.15, -0.1) is 0 Å². The second kappa shape index (κ2) is 6.24. The molecular formula is C13H26N2O. The summed E-state index contributed by atoms with van der Waals surface area (Å²) in [7, 11) is 1.69. The zero-order valence-electron chi connectivity index (χ0n) is 10.9. The molecule has 1 spiro atoms. The Balaban J connectivity index is 0.000000606. The van der Waals surface area contributed by atoms with E-state index in [4.69, 9.17) is 0 Å². The SMILES string of the molecule is CC.CNC(=O)CCNC1CC2(CCC2)C1. The molecular weight excluding hydrogens is 200 g/mol. The highest BCUT2D eigenvalue weighted by atomic mass is 16.1.